The van der Waals surface area contributed by atoms with Gasteiger partial charge < -0.3 is 4.74 Å². The number of alkyl halides is 3. The molecule has 1 aromatic carbocycles. The molecule has 0 saturated carbocycles. The predicted octanol–water partition coefficient (Wildman–Crippen LogP) is 4.17. The highest BCUT2D eigenvalue weighted by Gasteiger charge is 2.38. The topological polar surface area (TPSA) is 9.23 Å². The van der Waals surface area contributed by atoms with Gasteiger partial charge in [-0.05, 0) is 24.0 Å². The van der Waals surface area contributed by atoms with Gasteiger partial charge in [-0.15, -0.1) is 0 Å². The molecule has 0 aliphatic rings. The smallest absolute Gasteiger partial charge is 0.272 e. The van der Waals surface area contributed by atoms with E-state index in [2.05, 4.69) is 0 Å². The summed E-state index contributed by atoms with van der Waals surface area (Å²) in [6.45, 7) is 0. The number of benzene rings is 1. The Labute approximate surface area is 112 Å². The maximum absolute atomic E-state index is 13.6. The van der Waals surface area contributed by atoms with Gasteiger partial charge in [0.15, 0.2) is 0 Å². The van der Waals surface area contributed by atoms with Crippen molar-refractivity contribution in [3.05, 3.63) is 29.8 Å². The number of thioether (sulfide) groups is 1. The third-order valence-electron chi connectivity index (χ3n) is 2.22. The zero-order valence-corrected chi connectivity index (χ0v) is 12.0. The molecule has 0 heterocycles. The molecular formula is C11H13F2IOS. The first-order chi connectivity index (χ1) is 7.55. The summed E-state index contributed by atoms with van der Waals surface area (Å²) >= 11 is 2.89. The van der Waals surface area contributed by atoms with Gasteiger partial charge in [-0.25, -0.2) is 8.78 Å². The van der Waals surface area contributed by atoms with E-state index in [-0.39, 0.29) is 4.43 Å². The number of hydrogen-bond acceptors (Lipinski definition) is 2. The first-order valence-electron chi connectivity index (χ1n) is 4.65. The third kappa shape index (κ3) is 3.23. The molecule has 0 spiro atoms. The van der Waals surface area contributed by atoms with Crippen molar-refractivity contribution in [1.29, 1.82) is 0 Å². The number of ether oxygens (including phenoxy) is 1. The lowest BCUT2D eigenvalue weighted by Gasteiger charge is -2.24. The molecule has 1 rings (SSSR count). The highest BCUT2D eigenvalue weighted by molar-refractivity contribution is 14.1. The molecule has 0 aliphatic carbocycles. The summed E-state index contributed by atoms with van der Waals surface area (Å²) < 4.78 is 32.1. The lowest BCUT2D eigenvalue weighted by Crippen LogP contribution is -2.25. The van der Waals surface area contributed by atoms with Gasteiger partial charge in [0.2, 0.25) is 0 Å². The average molecular weight is 358 g/mol. The largest absolute Gasteiger partial charge is 0.497 e. The van der Waals surface area contributed by atoms with E-state index in [9.17, 15) is 8.78 Å². The maximum atomic E-state index is 13.6. The third-order valence-corrected chi connectivity index (χ3v) is 4.32. The predicted molar refractivity (Wildman–Crippen MR) is 73.1 cm³/mol. The van der Waals surface area contributed by atoms with Crippen molar-refractivity contribution in [3.63, 3.8) is 0 Å². The molecule has 0 fully saturated rings. The normalized spacial score (nSPS) is 13.6. The van der Waals surface area contributed by atoms with E-state index >= 15 is 0 Å². The Kier molecular flexibility index (Phi) is 5.30. The minimum absolute atomic E-state index is 0.178. The second kappa shape index (κ2) is 6.05. The molecular weight excluding hydrogens is 345 g/mol. The van der Waals surface area contributed by atoms with Crippen molar-refractivity contribution < 1.29 is 13.5 Å². The Morgan fingerprint density at radius 1 is 1.38 bits per heavy atom. The molecule has 0 aliphatic heterocycles. The molecule has 1 unspecified atom stereocenters. The summed E-state index contributed by atoms with van der Waals surface area (Å²) in [6.07, 6.45) is 1.70. The zero-order valence-electron chi connectivity index (χ0n) is 9.04. The van der Waals surface area contributed by atoms with Gasteiger partial charge in [0.05, 0.1) is 16.8 Å². The highest BCUT2D eigenvalue weighted by atomic mass is 127. The molecule has 0 bridgehead atoms. The van der Waals surface area contributed by atoms with Crippen molar-refractivity contribution in [2.75, 3.05) is 17.8 Å². The summed E-state index contributed by atoms with van der Waals surface area (Å²) in [7, 11) is 1.56. The zero-order chi connectivity index (χ0) is 12.2. The van der Waals surface area contributed by atoms with Gasteiger partial charge in [0.25, 0.3) is 5.92 Å². The molecule has 0 radical (unpaired) electrons. The van der Waals surface area contributed by atoms with Crippen LogP contribution in [0.4, 0.5) is 8.78 Å². The van der Waals surface area contributed by atoms with Gasteiger partial charge in [-0.2, -0.15) is 11.8 Å². The summed E-state index contributed by atoms with van der Waals surface area (Å²) in [5.74, 6) is -2.00. The second-order valence-corrected chi connectivity index (χ2v) is 4.99. The van der Waals surface area contributed by atoms with Crippen LogP contribution >= 0.6 is 34.4 Å². The van der Waals surface area contributed by atoms with Crippen LogP contribution in [0.5, 0.6) is 5.75 Å². The van der Waals surface area contributed by atoms with Crippen molar-refractivity contribution in [2.45, 2.75) is 11.2 Å². The van der Waals surface area contributed by atoms with Gasteiger partial charge in [0.1, 0.15) is 5.75 Å². The van der Waals surface area contributed by atoms with Crippen molar-refractivity contribution in [3.8, 4) is 5.75 Å². The van der Waals surface area contributed by atoms with Crippen molar-refractivity contribution in [1.82, 2.24) is 0 Å². The number of halogens is 3. The quantitative estimate of drug-likeness (QED) is 0.577. The van der Waals surface area contributed by atoms with E-state index in [0.29, 0.717) is 11.3 Å². The van der Waals surface area contributed by atoms with Crippen molar-refractivity contribution >= 4 is 34.4 Å². The minimum Gasteiger partial charge on any atom is -0.497 e. The standard InChI is InChI=1S/C11H13F2IOS/c1-15-9-5-3-8(4-6-9)10(16-2)11(12,13)7-14/h3-6,10H,7H2,1-2H3. The van der Waals surface area contributed by atoms with E-state index in [0.717, 1.165) is 0 Å². The molecule has 0 N–H and O–H groups in total. The fourth-order valence-corrected chi connectivity index (χ4v) is 3.00. The van der Waals surface area contributed by atoms with Crippen LogP contribution in [-0.4, -0.2) is 23.7 Å². The molecule has 90 valence electrons. The Balaban J connectivity index is 2.95. The maximum Gasteiger partial charge on any atom is 0.272 e. The molecule has 1 atom stereocenters. The number of hydrogen-bond donors (Lipinski definition) is 0. The van der Waals surface area contributed by atoms with Gasteiger partial charge in [0, 0.05) is 0 Å². The van der Waals surface area contributed by atoms with Crippen LogP contribution in [0.1, 0.15) is 10.8 Å². The van der Waals surface area contributed by atoms with Crippen molar-refractivity contribution in [2.24, 2.45) is 0 Å². The highest BCUT2D eigenvalue weighted by Crippen LogP contribution is 2.42. The Morgan fingerprint density at radius 3 is 2.31 bits per heavy atom. The summed E-state index contributed by atoms with van der Waals surface area (Å²) in [6, 6.07) is 6.81. The Morgan fingerprint density at radius 2 is 1.94 bits per heavy atom. The average Bonchev–Trinajstić information content (AvgIpc) is 2.30. The molecule has 0 saturated heterocycles. The van der Waals surface area contributed by atoms with Crippen LogP contribution in [-0.2, 0) is 0 Å². The van der Waals surface area contributed by atoms with Crippen LogP contribution in [0.25, 0.3) is 0 Å². The number of methoxy groups -OCH3 is 1. The van der Waals surface area contributed by atoms with E-state index in [1.54, 1.807) is 60.2 Å². The monoisotopic (exact) mass is 358 g/mol. The lowest BCUT2D eigenvalue weighted by molar-refractivity contribution is 0.0280. The molecule has 16 heavy (non-hydrogen) atoms. The molecule has 1 nitrogen and oxygen atoms in total. The fourth-order valence-electron chi connectivity index (χ4n) is 1.40. The Bertz CT molecular complexity index is 329. The second-order valence-electron chi connectivity index (χ2n) is 3.28. The molecule has 1 aromatic rings. The summed E-state index contributed by atoms with van der Waals surface area (Å²) in [5.41, 5.74) is 0.634. The first kappa shape index (κ1) is 14.0. The van der Waals surface area contributed by atoms with E-state index < -0.39 is 11.2 Å². The van der Waals surface area contributed by atoms with Crippen LogP contribution in [0, 0.1) is 0 Å². The van der Waals surface area contributed by atoms with Crippen LogP contribution < -0.4 is 4.74 Å². The summed E-state index contributed by atoms with van der Waals surface area (Å²) in [4.78, 5) is 0. The van der Waals surface area contributed by atoms with Gasteiger partial charge in [-0.1, -0.05) is 34.7 Å². The molecule has 5 heteroatoms. The summed E-state index contributed by atoms with van der Waals surface area (Å²) in [5, 5.41) is -0.796. The van der Waals surface area contributed by atoms with Crippen LogP contribution in [0.15, 0.2) is 24.3 Å². The van der Waals surface area contributed by atoms with E-state index in [4.69, 9.17) is 4.74 Å². The van der Waals surface area contributed by atoms with Crippen LogP contribution in [0.3, 0.4) is 0 Å². The number of rotatable bonds is 5. The van der Waals surface area contributed by atoms with Crippen LogP contribution in [0.2, 0.25) is 0 Å². The fraction of sp³-hybridized carbons (Fsp3) is 0.455. The van der Waals surface area contributed by atoms with Gasteiger partial charge in [-0.3, -0.25) is 0 Å². The van der Waals surface area contributed by atoms with E-state index in [1.165, 1.54) is 11.8 Å². The molecule has 0 amide bonds. The minimum atomic E-state index is -2.69. The molecule has 0 aromatic heterocycles. The van der Waals surface area contributed by atoms with Gasteiger partial charge >= 0.3 is 0 Å². The first-order valence-corrected chi connectivity index (χ1v) is 7.47. The Hall–Kier alpha value is -0.0400. The van der Waals surface area contributed by atoms with E-state index in [1.807, 2.05) is 0 Å². The lowest BCUT2D eigenvalue weighted by atomic mass is 10.1. The SMILES string of the molecule is COc1ccc(C(SC)C(F)(F)CI)cc1.